The van der Waals surface area contributed by atoms with E-state index >= 15 is 0 Å². The van der Waals surface area contributed by atoms with E-state index in [2.05, 4.69) is 11.9 Å². The summed E-state index contributed by atoms with van der Waals surface area (Å²) >= 11 is 0. The third-order valence-corrected chi connectivity index (χ3v) is 2.15. The van der Waals surface area contributed by atoms with Gasteiger partial charge in [0.15, 0.2) is 0 Å². The second-order valence-corrected chi connectivity index (χ2v) is 4.11. The molecule has 0 saturated heterocycles. The molecule has 1 amide bonds. The van der Waals surface area contributed by atoms with Crippen LogP contribution in [0.25, 0.3) is 0 Å². The lowest BCUT2D eigenvalue weighted by molar-refractivity contribution is 0.133. The van der Waals surface area contributed by atoms with Crippen molar-refractivity contribution in [3.05, 3.63) is 48.6 Å². The second-order valence-electron chi connectivity index (χ2n) is 4.11. The minimum absolute atomic E-state index is 0.278. The number of rotatable bonds is 4. The Morgan fingerprint density at radius 3 is 2.62 bits per heavy atom. The predicted octanol–water partition coefficient (Wildman–Crippen LogP) is 2.88. The Kier molecular flexibility index (Phi) is 4.11. The molecule has 0 atom stereocenters. The number of benzene rings is 1. The van der Waals surface area contributed by atoms with Gasteiger partial charge in [0.05, 0.1) is 5.54 Å². The van der Waals surface area contributed by atoms with Gasteiger partial charge in [0.1, 0.15) is 6.61 Å². The van der Waals surface area contributed by atoms with Crippen molar-refractivity contribution in [2.45, 2.75) is 26.0 Å². The number of hydrogen-bond donors (Lipinski definition) is 1. The van der Waals surface area contributed by atoms with Gasteiger partial charge in [-0.25, -0.2) is 4.79 Å². The van der Waals surface area contributed by atoms with Gasteiger partial charge < -0.3 is 10.1 Å². The maximum atomic E-state index is 11.4. The smallest absolute Gasteiger partial charge is 0.408 e. The highest BCUT2D eigenvalue weighted by molar-refractivity contribution is 5.68. The molecule has 0 aromatic heterocycles. The van der Waals surface area contributed by atoms with Crippen molar-refractivity contribution < 1.29 is 9.53 Å². The molecule has 0 bridgehead atoms. The van der Waals surface area contributed by atoms with Crippen LogP contribution >= 0.6 is 0 Å². The molecule has 0 aliphatic carbocycles. The van der Waals surface area contributed by atoms with Crippen molar-refractivity contribution in [1.29, 1.82) is 0 Å². The van der Waals surface area contributed by atoms with Crippen LogP contribution in [0.1, 0.15) is 19.4 Å². The van der Waals surface area contributed by atoms with Crippen LogP contribution in [0, 0.1) is 0 Å². The Balaban J connectivity index is 2.39. The Bertz CT molecular complexity index is 357. The van der Waals surface area contributed by atoms with Crippen LogP contribution in [0.2, 0.25) is 0 Å². The third-order valence-electron chi connectivity index (χ3n) is 2.15. The monoisotopic (exact) mass is 219 g/mol. The summed E-state index contributed by atoms with van der Waals surface area (Å²) in [4.78, 5) is 11.4. The highest BCUT2D eigenvalue weighted by Gasteiger charge is 2.16. The Labute approximate surface area is 96.1 Å². The fourth-order valence-corrected chi connectivity index (χ4v) is 1.07. The molecule has 0 unspecified atom stereocenters. The Hall–Kier alpha value is -1.77. The number of carbonyl (C=O) groups excluding carboxylic acids is 1. The number of hydrogen-bond acceptors (Lipinski definition) is 2. The first-order chi connectivity index (χ1) is 7.53. The van der Waals surface area contributed by atoms with Gasteiger partial charge in [-0.15, -0.1) is 6.58 Å². The number of ether oxygens (including phenoxy) is 1. The number of carbonyl (C=O) groups is 1. The van der Waals surface area contributed by atoms with Crippen LogP contribution in [0.15, 0.2) is 43.0 Å². The van der Waals surface area contributed by atoms with E-state index in [9.17, 15) is 4.79 Å². The minimum atomic E-state index is -0.451. The molecule has 0 heterocycles. The highest BCUT2D eigenvalue weighted by atomic mass is 16.5. The zero-order chi connectivity index (χ0) is 12.0. The van der Waals surface area contributed by atoms with Crippen molar-refractivity contribution in [3.63, 3.8) is 0 Å². The molecule has 0 aliphatic rings. The van der Waals surface area contributed by atoms with E-state index in [-0.39, 0.29) is 6.61 Å². The molecule has 1 aromatic carbocycles. The summed E-state index contributed by atoms with van der Waals surface area (Å²) in [7, 11) is 0. The fourth-order valence-electron chi connectivity index (χ4n) is 1.07. The van der Waals surface area contributed by atoms with Crippen molar-refractivity contribution in [2.24, 2.45) is 0 Å². The van der Waals surface area contributed by atoms with E-state index in [4.69, 9.17) is 4.74 Å². The van der Waals surface area contributed by atoms with Crippen molar-refractivity contribution in [1.82, 2.24) is 5.32 Å². The first-order valence-corrected chi connectivity index (χ1v) is 5.16. The van der Waals surface area contributed by atoms with Crippen LogP contribution in [-0.2, 0) is 11.3 Å². The van der Waals surface area contributed by atoms with E-state index in [1.807, 2.05) is 44.2 Å². The van der Waals surface area contributed by atoms with Crippen LogP contribution < -0.4 is 5.32 Å². The number of nitrogens with one attached hydrogen (secondary N) is 1. The summed E-state index contributed by atoms with van der Waals surface area (Å²) in [6.45, 7) is 7.61. The molecule has 0 aliphatic heterocycles. The summed E-state index contributed by atoms with van der Waals surface area (Å²) in [5.41, 5.74) is 0.516. The van der Waals surface area contributed by atoms with Crippen LogP contribution in [0.3, 0.4) is 0 Å². The van der Waals surface area contributed by atoms with E-state index in [1.54, 1.807) is 6.08 Å². The zero-order valence-corrected chi connectivity index (χ0v) is 9.69. The topological polar surface area (TPSA) is 38.3 Å². The van der Waals surface area contributed by atoms with Crippen LogP contribution in [-0.4, -0.2) is 11.6 Å². The molecular weight excluding hydrogens is 202 g/mol. The molecule has 86 valence electrons. The SMILES string of the molecule is C=CC(C)(C)NC(=O)OCc1ccccc1. The number of amides is 1. The molecule has 16 heavy (non-hydrogen) atoms. The summed E-state index contributed by atoms with van der Waals surface area (Å²) in [6, 6.07) is 9.55. The van der Waals surface area contributed by atoms with Gasteiger partial charge in [0.2, 0.25) is 0 Å². The van der Waals surface area contributed by atoms with Gasteiger partial charge in [-0.3, -0.25) is 0 Å². The van der Waals surface area contributed by atoms with Gasteiger partial charge in [-0.1, -0.05) is 36.4 Å². The lowest BCUT2D eigenvalue weighted by atomic mass is 10.1. The fraction of sp³-hybridized carbons (Fsp3) is 0.308. The summed E-state index contributed by atoms with van der Waals surface area (Å²) in [5, 5.41) is 2.70. The second kappa shape index (κ2) is 5.35. The molecule has 3 nitrogen and oxygen atoms in total. The van der Waals surface area contributed by atoms with Gasteiger partial charge in [-0.05, 0) is 19.4 Å². The average molecular weight is 219 g/mol. The van der Waals surface area contributed by atoms with Gasteiger partial charge >= 0.3 is 6.09 Å². The normalized spacial score (nSPS) is 10.6. The molecule has 0 radical (unpaired) electrons. The van der Waals surface area contributed by atoms with E-state index in [1.165, 1.54) is 0 Å². The molecular formula is C13H17NO2. The number of alkyl carbamates (subject to hydrolysis) is 1. The zero-order valence-electron chi connectivity index (χ0n) is 9.69. The van der Waals surface area contributed by atoms with Gasteiger partial charge in [0, 0.05) is 0 Å². The van der Waals surface area contributed by atoms with Crippen LogP contribution in [0.4, 0.5) is 4.79 Å². The first-order valence-electron chi connectivity index (χ1n) is 5.16. The lowest BCUT2D eigenvalue weighted by Crippen LogP contribution is -2.41. The molecule has 1 aromatic rings. The first kappa shape index (κ1) is 12.3. The highest BCUT2D eigenvalue weighted by Crippen LogP contribution is 2.05. The van der Waals surface area contributed by atoms with Crippen molar-refractivity contribution >= 4 is 6.09 Å². The molecule has 0 spiro atoms. The van der Waals surface area contributed by atoms with Crippen molar-refractivity contribution in [3.8, 4) is 0 Å². The predicted molar refractivity (Wildman–Crippen MR) is 64.0 cm³/mol. The summed E-state index contributed by atoms with van der Waals surface area (Å²) in [5.74, 6) is 0. The molecule has 1 rings (SSSR count). The van der Waals surface area contributed by atoms with Crippen molar-refractivity contribution in [2.75, 3.05) is 0 Å². The van der Waals surface area contributed by atoms with E-state index < -0.39 is 11.6 Å². The van der Waals surface area contributed by atoms with Gasteiger partial charge in [0.25, 0.3) is 0 Å². The average Bonchev–Trinajstić information content (AvgIpc) is 2.27. The largest absolute Gasteiger partial charge is 0.445 e. The minimum Gasteiger partial charge on any atom is -0.445 e. The Morgan fingerprint density at radius 2 is 2.06 bits per heavy atom. The van der Waals surface area contributed by atoms with Crippen LogP contribution in [0.5, 0.6) is 0 Å². The lowest BCUT2D eigenvalue weighted by Gasteiger charge is -2.21. The summed E-state index contributed by atoms with van der Waals surface area (Å²) in [6.07, 6.45) is 1.23. The molecule has 1 N–H and O–H groups in total. The van der Waals surface area contributed by atoms with E-state index in [0.29, 0.717) is 0 Å². The maximum absolute atomic E-state index is 11.4. The standard InChI is InChI=1S/C13H17NO2/c1-4-13(2,3)14-12(15)16-10-11-8-6-5-7-9-11/h4-9H,1,10H2,2-3H3,(H,14,15). The maximum Gasteiger partial charge on any atom is 0.408 e. The quantitative estimate of drug-likeness (QED) is 0.791. The Morgan fingerprint density at radius 1 is 1.44 bits per heavy atom. The summed E-state index contributed by atoms with van der Waals surface area (Å²) < 4.78 is 5.07. The molecule has 3 heteroatoms. The third kappa shape index (κ3) is 4.17. The van der Waals surface area contributed by atoms with E-state index in [0.717, 1.165) is 5.56 Å². The van der Waals surface area contributed by atoms with Gasteiger partial charge in [-0.2, -0.15) is 0 Å². The molecule has 0 saturated carbocycles. The molecule has 0 fully saturated rings.